The summed E-state index contributed by atoms with van der Waals surface area (Å²) in [6, 6.07) is 10.8. The van der Waals surface area contributed by atoms with Crippen LogP contribution in [0.2, 0.25) is 0 Å². The Morgan fingerprint density at radius 3 is 2.42 bits per heavy atom. The third-order valence-electron chi connectivity index (χ3n) is 7.05. The van der Waals surface area contributed by atoms with Crippen molar-refractivity contribution in [1.29, 1.82) is 0 Å². The molecule has 1 saturated carbocycles. The minimum absolute atomic E-state index is 0.0764. The quantitative estimate of drug-likeness (QED) is 0.705. The molecule has 4 rings (SSSR count). The van der Waals surface area contributed by atoms with Gasteiger partial charge in [0.15, 0.2) is 0 Å². The summed E-state index contributed by atoms with van der Waals surface area (Å²) in [5.74, 6) is 0. The summed E-state index contributed by atoms with van der Waals surface area (Å²) in [5, 5.41) is 21.4. The molecule has 1 amide bonds. The third kappa shape index (κ3) is 4.70. The van der Waals surface area contributed by atoms with E-state index in [1.807, 2.05) is 30.3 Å². The lowest BCUT2D eigenvalue weighted by Crippen LogP contribution is -2.62. The third-order valence-corrected chi connectivity index (χ3v) is 7.68. The fraction of sp³-hybridized carbons (Fsp3) is 0.500. The lowest BCUT2D eigenvalue weighted by molar-refractivity contribution is -0.137. The molecular weight excluding hydrogens is 442 g/mol. The average molecular weight is 474 g/mol. The molecule has 2 N–H and O–H groups in total. The smallest absolute Gasteiger partial charge is 0.407 e. The van der Waals surface area contributed by atoms with Crippen molar-refractivity contribution in [2.75, 3.05) is 25.6 Å². The van der Waals surface area contributed by atoms with Crippen molar-refractivity contribution in [1.82, 2.24) is 9.47 Å². The summed E-state index contributed by atoms with van der Waals surface area (Å²) in [4.78, 5) is 26.1. The molecule has 1 spiro atoms. The molecule has 8 nitrogen and oxygen atoms in total. The Bertz CT molecular complexity index is 1220. The summed E-state index contributed by atoms with van der Waals surface area (Å²) >= 11 is 0. The Hall–Kier alpha value is -2.65. The van der Waals surface area contributed by atoms with Gasteiger partial charge in [-0.1, -0.05) is 43.2 Å². The van der Waals surface area contributed by atoms with E-state index >= 15 is 0 Å². The van der Waals surface area contributed by atoms with Crippen LogP contribution in [0.5, 0.6) is 0 Å². The lowest BCUT2D eigenvalue weighted by atomic mass is 9.66. The van der Waals surface area contributed by atoms with Gasteiger partial charge in [-0.2, -0.15) is 4.36 Å². The molecular formula is C24H31N3O5S. The van der Waals surface area contributed by atoms with Gasteiger partial charge < -0.3 is 19.7 Å². The van der Waals surface area contributed by atoms with E-state index in [1.165, 1.54) is 28.0 Å². The minimum Gasteiger partial charge on any atom is -0.465 e. The van der Waals surface area contributed by atoms with Gasteiger partial charge in [-0.3, -0.25) is 4.79 Å². The van der Waals surface area contributed by atoms with Crippen LogP contribution in [0.4, 0.5) is 10.5 Å². The molecule has 33 heavy (non-hydrogen) atoms. The molecule has 1 aliphatic heterocycles. The number of pyridine rings is 1. The van der Waals surface area contributed by atoms with Crippen LogP contribution < -0.4 is 5.56 Å². The van der Waals surface area contributed by atoms with Crippen LogP contribution in [0.25, 0.3) is 11.1 Å². The number of benzene rings is 1. The van der Waals surface area contributed by atoms with Crippen LogP contribution >= 0.6 is 0 Å². The summed E-state index contributed by atoms with van der Waals surface area (Å²) < 4.78 is 18.2. The molecule has 2 aliphatic rings. The van der Waals surface area contributed by atoms with E-state index in [-0.39, 0.29) is 31.6 Å². The van der Waals surface area contributed by atoms with Gasteiger partial charge in [0.1, 0.15) is 0 Å². The first-order valence-electron chi connectivity index (χ1n) is 11.2. The topological polar surface area (TPSA) is 112 Å². The highest BCUT2D eigenvalue weighted by atomic mass is 32.2. The maximum absolute atomic E-state index is 13.1. The number of nitrogens with zero attached hydrogens (tertiary/aromatic N) is 3. The number of piperidine rings is 1. The van der Waals surface area contributed by atoms with Gasteiger partial charge in [0.2, 0.25) is 0 Å². The molecule has 2 heterocycles. The van der Waals surface area contributed by atoms with E-state index < -0.39 is 26.8 Å². The zero-order valence-electron chi connectivity index (χ0n) is 19.1. The Morgan fingerprint density at radius 2 is 1.82 bits per heavy atom. The Balaban J connectivity index is 1.79. The van der Waals surface area contributed by atoms with Gasteiger partial charge in [-0.15, -0.1) is 0 Å². The Morgan fingerprint density at radius 1 is 1.15 bits per heavy atom. The second kappa shape index (κ2) is 8.61. The van der Waals surface area contributed by atoms with Crippen LogP contribution in [-0.4, -0.2) is 61.2 Å². The molecule has 2 fully saturated rings. The van der Waals surface area contributed by atoms with Crippen molar-refractivity contribution in [2.45, 2.75) is 44.2 Å². The molecule has 1 unspecified atom stereocenters. The zero-order valence-corrected chi connectivity index (χ0v) is 19.9. The van der Waals surface area contributed by atoms with Crippen molar-refractivity contribution in [3.05, 3.63) is 52.9 Å². The van der Waals surface area contributed by atoms with Crippen LogP contribution in [0, 0.1) is 5.41 Å². The number of aromatic nitrogens is 1. The van der Waals surface area contributed by atoms with Gasteiger partial charge in [0, 0.05) is 58.6 Å². The van der Waals surface area contributed by atoms with Crippen molar-refractivity contribution in [3.8, 4) is 11.1 Å². The van der Waals surface area contributed by atoms with E-state index in [1.54, 1.807) is 6.20 Å². The van der Waals surface area contributed by atoms with Crippen molar-refractivity contribution in [2.24, 2.45) is 9.78 Å². The van der Waals surface area contributed by atoms with E-state index in [9.17, 15) is 24.0 Å². The summed E-state index contributed by atoms with van der Waals surface area (Å²) in [7, 11) is -2.49. The second-order valence-electron chi connectivity index (χ2n) is 9.65. The summed E-state index contributed by atoms with van der Waals surface area (Å²) in [5.41, 5.74) is -0.245. The molecule has 1 aliphatic carbocycles. The molecule has 178 valence electrons. The van der Waals surface area contributed by atoms with Gasteiger partial charge >= 0.3 is 6.09 Å². The number of amides is 1. The average Bonchev–Trinajstić information content (AvgIpc) is 3.21. The first-order valence-corrected chi connectivity index (χ1v) is 13.5. The normalized spacial score (nSPS) is 22.5. The predicted octanol–water partition coefficient (Wildman–Crippen LogP) is 3.55. The monoisotopic (exact) mass is 473 g/mol. The van der Waals surface area contributed by atoms with Crippen LogP contribution in [0.15, 0.2) is 51.8 Å². The molecule has 1 saturated heterocycles. The molecule has 1 aromatic heterocycles. The summed E-state index contributed by atoms with van der Waals surface area (Å²) in [6.45, 7) is 0.586. The first kappa shape index (κ1) is 23.5. The largest absolute Gasteiger partial charge is 0.465 e. The number of rotatable bonds is 4. The molecule has 0 radical (unpaired) electrons. The standard InChI is InChI=1S/C24H31N3O5S/c1-33(2,32)25-20-14-21(28)27(15-19(20)18-8-4-3-5-9-18)17-24(31)12-13-26(22(29)30)16-23(24)10-6-7-11-23/h3-5,8-9,14-15,31H,6-7,10-13,16-17H2,1-2H3,(H,29,30). The van der Waals surface area contributed by atoms with Crippen LogP contribution in [-0.2, 0) is 16.3 Å². The minimum atomic E-state index is -2.49. The highest BCUT2D eigenvalue weighted by molar-refractivity contribution is 7.92. The number of aliphatic hydroxyl groups is 1. The molecule has 2 aromatic rings. The SMILES string of the molecule is CS(C)(=O)=Nc1cc(=O)n(CC2(O)CCN(C(=O)O)CC23CCCC3)cc1-c1ccccc1. The number of hydrogen-bond donors (Lipinski definition) is 2. The van der Waals surface area contributed by atoms with Crippen molar-refractivity contribution in [3.63, 3.8) is 0 Å². The van der Waals surface area contributed by atoms with Crippen LogP contribution in [0.1, 0.15) is 32.1 Å². The Kier molecular flexibility index (Phi) is 6.13. The van der Waals surface area contributed by atoms with Crippen LogP contribution in [0.3, 0.4) is 0 Å². The van der Waals surface area contributed by atoms with Crippen molar-refractivity contribution < 1.29 is 19.2 Å². The zero-order chi connectivity index (χ0) is 23.9. The van der Waals surface area contributed by atoms with Gasteiger partial charge in [-0.25, -0.2) is 9.00 Å². The number of likely N-dealkylation sites (tertiary alicyclic amines) is 1. The van der Waals surface area contributed by atoms with E-state index in [0.717, 1.165) is 31.2 Å². The Labute approximate surface area is 194 Å². The lowest BCUT2D eigenvalue weighted by Gasteiger charge is -2.51. The first-order chi connectivity index (χ1) is 15.5. The van der Waals surface area contributed by atoms with Gasteiger partial charge in [0.05, 0.1) is 17.8 Å². The molecule has 1 aromatic carbocycles. The summed E-state index contributed by atoms with van der Waals surface area (Å²) in [6.07, 6.45) is 7.36. The molecule has 9 heteroatoms. The molecule has 1 atom stereocenters. The maximum Gasteiger partial charge on any atom is 0.407 e. The van der Waals surface area contributed by atoms with Gasteiger partial charge in [0.25, 0.3) is 5.56 Å². The second-order valence-corrected chi connectivity index (χ2v) is 12.2. The fourth-order valence-corrected chi connectivity index (χ4v) is 6.01. The maximum atomic E-state index is 13.1. The fourth-order valence-electron chi connectivity index (χ4n) is 5.38. The number of hydrogen-bond acceptors (Lipinski definition) is 5. The highest BCUT2D eigenvalue weighted by Crippen LogP contribution is 2.51. The van der Waals surface area contributed by atoms with E-state index in [2.05, 4.69) is 4.36 Å². The number of carboxylic acid groups (broad SMARTS) is 1. The van der Waals surface area contributed by atoms with Gasteiger partial charge in [-0.05, 0) is 24.8 Å². The molecule has 0 bridgehead atoms. The highest BCUT2D eigenvalue weighted by Gasteiger charge is 2.55. The predicted molar refractivity (Wildman–Crippen MR) is 128 cm³/mol. The van der Waals surface area contributed by atoms with E-state index in [4.69, 9.17) is 0 Å². The van der Waals surface area contributed by atoms with E-state index in [0.29, 0.717) is 11.3 Å². The number of carbonyl (C=O) groups is 1. The van der Waals surface area contributed by atoms with Crippen molar-refractivity contribution >= 4 is 21.5 Å².